The second-order valence-corrected chi connectivity index (χ2v) is 9.07. The Bertz CT molecular complexity index is 1540. The van der Waals surface area contributed by atoms with Crippen molar-refractivity contribution in [2.45, 2.75) is 11.8 Å². The van der Waals surface area contributed by atoms with E-state index in [0.717, 1.165) is 16.3 Å². The van der Waals surface area contributed by atoms with E-state index in [-0.39, 0.29) is 15.7 Å². The number of rotatable bonds is 3. The van der Waals surface area contributed by atoms with Crippen LogP contribution < -0.4 is 0 Å². The number of hydrogen-bond donors (Lipinski definition) is 0. The molecule has 150 valence electrons. The van der Waals surface area contributed by atoms with Crippen LogP contribution >= 0.6 is 11.6 Å². The number of para-hydroxylation sites is 1. The molecule has 0 aliphatic carbocycles. The Morgan fingerprint density at radius 3 is 2.53 bits per heavy atom. The molecule has 3 aromatic heterocycles. The first-order valence-electron chi connectivity index (χ1n) is 8.99. The molecule has 0 atom stereocenters. The van der Waals surface area contributed by atoms with E-state index >= 15 is 0 Å². The molecule has 0 unspecified atom stereocenters. The second kappa shape index (κ2) is 6.65. The zero-order valence-corrected chi connectivity index (χ0v) is 17.2. The molecule has 0 N–H and O–H groups in total. The van der Waals surface area contributed by atoms with Gasteiger partial charge in [-0.15, -0.1) is 0 Å². The third-order valence-corrected chi connectivity index (χ3v) is 6.81. The highest BCUT2D eigenvalue weighted by atomic mass is 35.5. The molecule has 0 saturated heterocycles. The SMILES string of the molecule is Cc1ccc(S(=O)(=O)n2cc(-c3cc(Cl)nn4c(F)cnc34)c3ccccc32)cc1. The summed E-state index contributed by atoms with van der Waals surface area (Å²) in [6.45, 7) is 1.89. The van der Waals surface area contributed by atoms with Gasteiger partial charge in [0.2, 0.25) is 5.95 Å². The lowest BCUT2D eigenvalue weighted by Crippen LogP contribution is -2.11. The van der Waals surface area contributed by atoms with E-state index in [9.17, 15) is 12.8 Å². The molecule has 0 aliphatic rings. The van der Waals surface area contributed by atoms with Gasteiger partial charge >= 0.3 is 0 Å². The van der Waals surface area contributed by atoms with Crippen LogP contribution in [-0.4, -0.2) is 27.0 Å². The lowest BCUT2D eigenvalue weighted by atomic mass is 10.1. The van der Waals surface area contributed by atoms with Crippen LogP contribution in [0.2, 0.25) is 5.15 Å². The maximum absolute atomic E-state index is 14.1. The summed E-state index contributed by atoms with van der Waals surface area (Å²) >= 11 is 6.11. The van der Waals surface area contributed by atoms with E-state index in [2.05, 4.69) is 10.1 Å². The maximum Gasteiger partial charge on any atom is 0.268 e. The third kappa shape index (κ3) is 2.79. The van der Waals surface area contributed by atoms with Crippen LogP contribution in [0.25, 0.3) is 27.7 Å². The summed E-state index contributed by atoms with van der Waals surface area (Å²) in [6, 6.07) is 15.3. The molecule has 0 bridgehead atoms. The average molecular weight is 441 g/mol. The Hall–Kier alpha value is -3.23. The highest BCUT2D eigenvalue weighted by Gasteiger charge is 2.23. The Balaban J connectivity index is 1.83. The van der Waals surface area contributed by atoms with Gasteiger partial charge in [-0.05, 0) is 31.2 Å². The highest BCUT2D eigenvalue weighted by molar-refractivity contribution is 7.90. The molecule has 5 aromatic rings. The number of halogens is 2. The minimum Gasteiger partial charge on any atom is -0.241 e. The third-order valence-electron chi connectivity index (χ3n) is 4.94. The summed E-state index contributed by atoms with van der Waals surface area (Å²) in [7, 11) is -3.86. The Labute approximate surface area is 176 Å². The van der Waals surface area contributed by atoms with Crippen LogP contribution in [-0.2, 0) is 10.0 Å². The molecule has 0 amide bonds. The van der Waals surface area contributed by atoms with Gasteiger partial charge < -0.3 is 0 Å². The van der Waals surface area contributed by atoms with Crippen molar-refractivity contribution in [2.24, 2.45) is 0 Å². The van der Waals surface area contributed by atoms with Crippen molar-refractivity contribution in [3.8, 4) is 11.1 Å². The average Bonchev–Trinajstić information content (AvgIpc) is 3.29. The topological polar surface area (TPSA) is 69.3 Å². The van der Waals surface area contributed by atoms with E-state index in [1.54, 1.807) is 54.6 Å². The minimum atomic E-state index is -3.86. The minimum absolute atomic E-state index is 0.0626. The number of aromatic nitrogens is 4. The van der Waals surface area contributed by atoms with Crippen molar-refractivity contribution < 1.29 is 12.8 Å². The molecule has 9 heteroatoms. The summed E-state index contributed by atoms with van der Waals surface area (Å²) in [5.74, 6) is -0.662. The summed E-state index contributed by atoms with van der Waals surface area (Å²) in [4.78, 5) is 4.26. The van der Waals surface area contributed by atoms with Crippen LogP contribution in [0.1, 0.15) is 5.56 Å². The highest BCUT2D eigenvalue weighted by Crippen LogP contribution is 2.35. The number of fused-ring (bicyclic) bond motifs is 2. The first-order chi connectivity index (χ1) is 14.4. The first kappa shape index (κ1) is 18.8. The molecule has 0 fully saturated rings. The zero-order chi connectivity index (χ0) is 21.0. The van der Waals surface area contributed by atoms with E-state index < -0.39 is 16.0 Å². The molecule has 0 saturated carbocycles. The van der Waals surface area contributed by atoms with Crippen LogP contribution in [0.5, 0.6) is 0 Å². The van der Waals surface area contributed by atoms with Crippen molar-refractivity contribution in [1.82, 2.24) is 18.6 Å². The largest absolute Gasteiger partial charge is 0.268 e. The second-order valence-electron chi connectivity index (χ2n) is 6.87. The lowest BCUT2D eigenvalue weighted by Gasteiger charge is -2.07. The van der Waals surface area contributed by atoms with Crippen molar-refractivity contribution in [3.63, 3.8) is 0 Å². The number of imidazole rings is 1. The van der Waals surface area contributed by atoms with Gasteiger partial charge in [0.05, 0.1) is 16.6 Å². The quantitative estimate of drug-likeness (QED) is 0.408. The number of nitrogens with zero attached hydrogens (tertiary/aromatic N) is 4. The van der Waals surface area contributed by atoms with Crippen molar-refractivity contribution in [2.75, 3.05) is 0 Å². The Morgan fingerprint density at radius 2 is 1.77 bits per heavy atom. The van der Waals surface area contributed by atoms with Gasteiger partial charge in [-0.25, -0.2) is 17.4 Å². The van der Waals surface area contributed by atoms with E-state index in [4.69, 9.17) is 11.6 Å². The summed E-state index contributed by atoms with van der Waals surface area (Å²) in [5, 5.41) is 4.66. The Morgan fingerprint density at radius 1 is 1.03 bits per heavy atom. The van der Waals surface area contributed by atoms with Gasteiger partial charge in [0.15, 0.2) is 10.8 Å². The molecule has 0 radical (unpaired) electrons. The molecule has 30 heavy (non-hydrogen) atoms. The van der Waals surface area contributed by atoms with Crippen molar-refractivity contribution in [3.05, 3.63) is 83.7 Å². The van der Waals surface area contributed by atoms with Crippen LogP contribution in [0.15, 0.2) is 71.9 Å². The number of hydrogen-bond acceptors (Lipinski definition) is 4. The van der Waals surface area contributed by atoms with E-state index in [1.165, 1.54) is 10.2 Å². The predicted molar refractivity (Wildman–Crippen MR) is 113 cm³/mol. The van der Waals surface area contributed by atoms with Gasteiger partial charge in [0, 0.05) is 22.7 Å². The molecule has 6 nitrogen and oxygen atoms in total. The van der Waals surface area contributed by atoms with Crippen LogP contribution in [0.4, 0.5) is 4.39 Å². The molecule has 5 rings (SSSR count). The van der Waals surface area contributed by atoms with Crippen LogP contribution in [0.3, 0.4) is 0 Å². The molecule has 2 aromatic carbocycles. The molecule has 0 aliphatic heterocycles. The fourth-order valence-corrected chi connectivity index (χ4v) is 5.05. The zero-order valence-electron chi connectivity index (χ0n) is 15.6. The normalized spacial score (nSPS) is 12.1. The van der Waals surface area contributed by atoms with Gasteiger partial charge in [0.25, 0.3) is 10.0 Å². The molecule has 3 heterocycles. The molecular formula is C21H14ClFN4O2S. The fraction of sp³-hybridized carbons (Fsp3) is 0.0476. The first-order valence-corrected chi connectivity index (χ1v) is 10.8. The summed E-state index contributed by atoms with van der Waals surface area (Å²) in [6.07, 6.45) is 2.56. The number of benzene rings is 2. The standard InChI is InChI=1S/C21H14ClFN4O2S/c1-13-6-8-14(9-7-13)30(28,29)26-12-17(15-4-2-3-5-18(15)26)16-10-19(22)25-27-20(23)11-24-21(16)27/h2-12H,1H3. The maximum atomic E-state index is 14.1. The predicted octanol–water partition coefficient (Wildman–Crippen LogP) is 4.69. The lowest BCUT2D eigenvalue weighted by molar-refractivity contribution is 0.549. The van der Waals surface area contributed by atoms with E-state index in [1.807, 2.05) is 6.92 Å². The monoisotopic (exact) mass is 440 g/mol. The molecule has 0 spiro atoms. The van der Waals surface area contributed by atoms with Gasteiger partial charge in [-0.2, -0.15) is 14.0 Å². The summed E-state index contributed by atoms with van der Waals surface area (Å²) in [5.41, 5.74) is 2.73. The van der Waals surface area contributed by atoms with Crippen molar-refractivity contribution >= 4 is 38.2 Å². The van der Waals surface area contributed by atoms with Gasteiger partial charge in [-0.3, -0.25) is 0 Å². The smallest absolute Gasteiger partial charge is 0.241 e. The Kier molecular flexibility index (Phi) is 4.16. The van der Waals surface area contributed by atoms with Crippen molar-refractivity contribution in [1.29, 1.82) is 0 Å². The fourth-order valence-electron chi connectivity index (χ4n) is 3.50. The van der Waals surface area contributed by atoms with Gasteiger partial charge in [0.1, 0.15) is 0 Å². The van der Waals surface area contributed by atoms with Gasteiger partial charge in [-0.1, -0.05) is 47.5 Å². The van der Waals surface area contributed by atoms with Crippen LogP contribution in [0, 0.1) is 12.9 Å². The number of aryl methyl sites for hydroxylation is 1. The summed E-state index contributed by atoms with van der Waals surface area (Å²) < 4.78 is 43.1. The molecular weight excluding hydrogens is 427 g/mol. The van der Waals surface area contributed by atoms with E-state index in [0.29, 0.717) is 22.0 Å².